The predicted octanol–water partition coefficient (Wildman–Crippen LogP) is 4.89. The van der Waals surface area contributed by atoms with E-state index in [1.165, 1.54) is 11.1 Å². The lowest BCUT2D eigenvalue weighted by molar-refractivity contribution is 0.0955. The van der Waals surface area contributed by atoms with Crippen molar-refractivity contribution in [3.05, 3.63) is 101 Å². The number of methoxy groups -OCH3 is 1. The smallest absolute Gasteiger partial charge is 0.271 e. The average molecular weight is 391 g/mol. The molecule has 0 aromatic heterocycles. The van der Waals surface area contributed by atoms with E-state index in [0.717, 1.165) is 17.1 Å². The number of benzene rings is 3. The number of ether oxygens (including phenoxy) is 1. The number of nitrogens with zero attached hydrogens (tertiary/aromatic N) is 1. The Kier molecular flexibility index (Phi) is 7.27. The van der Waals surface area contributed by atoms with Crippen molar-refractivity contribution >= 4 is 23.9 Å². The maximum absolute atomic E-state index is 12.2. The van der Waals surface area contributed by atoms with Gasteiger partial charge in [-0.25, -0.2) is 5.43 Å². The first-order valence-electron chi connectivity index (χ1n) is 8.93. The van der Waals surface area contributed by atoms with Crippen LogP contribution < -0.4 is 10.2 Å². The fourth-order valence-corrected chi connectivity index (χ4v) is 3.57. The molecule has 0 saturated carbocycles. The summed E-state index contributed by atoms with van der Waals surface area (Å²) >= 11 is 1.85. The summed E-state index contributed by atoms with van der Waals surface area (Å²) in [6.07, 6.45) is 1.57. The van der Waals surface area contributed by atoms with E-state index in [0.29, 0.717) is 11.3 Å². The van der Waals surface area contributed by atoms with Crippen molar-refractivity contribution in [3.8, 4) is 5.75 Å². The van der Waals surface area contributed by atoms with E-state index in [9.17, 15) is 4.79 Å². The van der Waals surface area contributed by atoms with Gasteiger partial charge in [0.1, 0.15) is 5.75 Å². The minimum Gasteiger partial charge on any atom is -0.496 e. The summed E-state index contributed by atoms with van der Waals surface area (Å²) in [5.41, 5.74) is 6.44. The summed E-state index contributed by atoms with van der Waals surface area (Å²) in [4.78, 5) is 12.2. The molecule has 0 fully saturated rings. The van der Waals surface area contributed by atoms with E-state index >= 15 is 0 Å². The van der Waals surface area contributed by atoms with Gasteiger partial charge in [-0.1, -0.05) is 54.6 Å². The molecule has 0 saturated heterocycles. The number of hydrogen-bond donors (Lipinski definition) is 1. The highest BCUT2D eigenvalue weighted by Gasteiger charge is 2.05. The lowest BCUT2D eigenvalue weighted by Crippen LogP contribution is -2.17. The number of thioether (sulfide) groups is 1. The van der Waals surface area contributed by atoms with Crippen molar-refractivity contribution in [2.75, 3.05) is 7.11 Å². The van der Waals surface area contributed by atoms with Gasteiger partial charge in [-0.05, 0) is 35.4 Å². The molecule has 3 aromatic carbocycles. The average Bonchev–Trinajstić information content (AvgIpc) is 2.75. The first kappa shape index (κ1) is 19.7. The lowest BCUT2D eigenvalue weighted by Gasteiger charge is -2.05. The second-order valence-corrected chi connectivity index (χ2v) is 7.10. The molecule has 142 valence electrons. The van der Waals surface area contributed by atoms with Gasteiger partial charge in [0.15, 0.2) is 0 Å². The van der Waals surface area contributed by atoms with Crippen LogP contribution >= 0.6 is 11.8 Å². The summed E-state index contributed by atoms with van der Waals surface area (Å²) in [7, 11) is 1.60. The Balaban J connectivity index is 1.50. The second-order valence-electron chi connectivity index (χ2n) is 6.12. The first-order chi connectivity index (χ1) is 13.8. The Morgan fingerprint density at radius 1 is 0.929 bits per heavy atom. The molecular weight excluding hydrogens is 368 g/mol. The highest BCUT2D eigenvalue weighted by Crippen LogP contribution is 2.18. The monoisotopic (exact) mass is 390 g/mol. The number of rotatable bonds is 8. The van der Waals surface area contributed by atoms with Gasteiger partial charge >= 0.3 is 0 Å². The summed E-state index contributed by atoms with van der Waals surface area (Å²) in [6.45, 7) is 0. The quantitative estimate of drug-likeness (QED) is 0.440. The van der Waals surface area contributed by atoms with Gasteiger partial charge in [-0.15, -0.1) is 0 Å². The molecule has 0 unspecified atom stereocenters. The van der Waals surface area contributed by atoms with Crippen molar-refractivity contribution in [2.45, 2.75) is 11.5 Å². The summed E-state index contributed by atoms with van der Waals surface area (Å²) in [5.74, 6) is 2.34. The van der Waals surface area contributed by atoms with E-state index in [2.05, 4.69) is 34.8 Å². The van der Waals surface area contributed by atoms with Crippen LogP contribution in [0.2, 0.25) is 0 Å². The fourth-order valence-electron chi connectivity index (χ4n) is 2.61. The fraction of sp³-hybridized carbons (Fsp3) is 0.130. The van der Waals surface area contributed by atoms with Crippen molar-refractivity contribution < 1.29 is 9.53 Å². The van der Waals surface area contributed by atoms with E-state index in [1.54, 1.807) is 13.3 Å². The molecule has 1 N–H and O–H groups in total. The SMILES string of the molecule is COc1ccccc1/C=N\NC(=O)c1ccc(CSCc2ccccc2)cc1. The van der Waals surface area contributed by atoms with Gasteiger partial charge in [0.05, 0.1) is 13.3 Å². The van der Waals surface area contributed by atoms with E-state index in [1.807, 2.05) is 66.4 Å². The van der Waals surface area contributed by atoms with Crippen LogP contribution in [-0.2, 0) is 11.5 Å². The normalized spacial score (nSPS) is 10.8. The standard InChI is InChI=1S/C23H22N2O2S/c1-27-22-10-6-5-9-21(22)15-24-25-23(26)20-13-11-19(12-14-20)17-28-16-18-7-3-2-4-8-18/h2-15H,16-17H2,1H3,(H,25,26)/b24-15-. The molecular formula is C23H22N2O2S. The van der Waals surface area contributed by atoms with Crippen LogP contribution in [0.3, 0.4) is 0 Å². The molecule has 0 aliphatic rings. The number of carbonyl (C=O) groups is 1. The molecule has 1 amide bonds. The minimum atomic E-state index is -0.241. The molecule has 0 bridgehead atoms. The van der Waals surface area contributed by atoms with Crippen molar-refractivity contribution in [1.29, 1.82) is 0 Å². The van der Waals surface area contributed by atoms with Crippen molar-refractivity contribution in [3.63, 3.8) is 0 Å². The minimum absolute atomic E-state index is 0.241. The third kappa shape index (κ3) is 5.72. The Hall–Kier alpha value is -3.05. The molecule has 5 heteroatoms. The summed E-state index contributed by atoms with van der Waals surface area (Å²) in [5, 5.41) is 4.02. The van der Waals surface area contributed by atoms with E-state index in [4.69, 9.17) is 4.74 Å². The first-order valence-corrected chi connectivity index (χ1v) is 10.1. The second kappa shape index (κ2) is 10.3. The molecule has 0 heterocycles. The maximum atomic E-state index is 12.2. The zero-order valence-corrected chi connectivity index (χ0v) is 16.5. The van der Waals surface area contributed by atoms with Gasteiger partial charge in [-0.2, -0.15) is 16.9 Å². The third-order valence-electron chi connectivity index (χ3n) is 4.11. The van der Waals surface area contributed by atoms with Crippen LogP contribution in [0.25, 0.3) is 0 Å². The Labute approximate surface area is 169 Å². The van der Waals surface area contributed by atoms with Crippen LogP contribution in [0.4, 0.5) is 0 Å². The number of carbonyl (C=O) groups excluding carboxylic acids is 1. The molecule has 0 aliphatic carbocycles. The summed E-state index contributed by atoms with van der Waals surface area (Å²) in [6, 6.07) is 25.5. The van der Waals surface area contributed by atoms with Crippen LogP contribution in [0.15, 0.2) is 84.0 Å². The highest BCUT2D eigenvalue weighted by atomic mass is 32.2. The van der Waals surface area contributed by atoms with Gasteiger partial charge in [0.25, 0.3) is 5.91 Å². The van der Waals surface area contributed by atoms with Crippen molar-refractivity contribution in [2.24, 2.45) is 5.10 Å². The number of nitrogens with one attached hydrogen (secondary N) is 1. The van der Waals surface area contributed by atoms with E-state index in [-0.39, 0.29) is 5.91 Å². The molecule has 4 nitrogen and oxygen atoms in total. The number of hydrogen-bond acceptors (Lipinski definition) is 4. The Morgan fingerprint density at radius 2 is 1.57 bits per heavy atom. The van der Waals surface area contributed by atoms with Crippen LogP contribution in [0, 0.1) is 0 Å². The third-order valence-corrected chi connectivity index (χ3v) is 5.18. The van der Waals surface area contributed by atoms with E-state index < -0.39 is 0 Å². The lowest BCUT2D eigenvalue weighted by atomic mass is 10.1. The summed E-state index contributed by atoms with van der Waals surface area (Å²) < 4.78 is 5.26. The van der Waals surface area contributed by atoms with Gasteiger partial charge in [0, 0.05) is 22.6 Å². The molecule has 28 heavy (non-hydrogen) atoms. The van der Waals surface area contributed by atoms with Gasteiger partial charge in [0.2, 0.25) is 0 Å². The number of para-hydroxylation sites is 1. The zero-order valence-electron chi connectivity index (χ0n) is 15.7. The molecule has 0 radical (unpaired) electrons. The molecule has 3 aromatic rings. The predicted molar refractivity (Wildman–Crippen MR) is 116 cm³/mol. The maximum Gasteiger partial charge on any atom is 0.271 e. The van der Waals surface area contributed by atoms with Crippen LogP contribution in [-0.4, -0.2) is 19.2 Å². The largest absolute Gasteiger partial charge is 0.496 e. The van der Waals surface area contributed by atoms with Gasteiger partial charge in [-0.3, -0.25) is 4.79 Å². The van der Waals surface area contributed by atoms with Crippen LogP contribution in [0.1, 0.15) is 27.0 Å². The molecule has 0 spiro atoms. The highest BCUT2D eigenvalue weighted by molar-refractivity contribution is 7.97. The Bertz CT molecular complexity index is 925. The number of amides is 1. The molecule has 3 rings (SSSR count). The topological polar surface area (TPSA) is 50.7 Å². The Morgan fingerprint density at radius 3 is 2.29 bits per heavy atom. The van der Waals surface area contributed by atoms with Gasteiger partial charge < -0.3 is 4.74 Å². The zero-order chi connectivity index (χ0) is 19.6. The molecule has 0 atom stereocenters. The van der Waals surface area contributed by atoms with Crippen LogP contribution in [0.5, 0.6) is 5.75 Å². The van der Waals surface area contributed by atoms with Crippen molar-refractivity contribution in [1.82, 2.24) is 5.43 Å². The number of hydrazone groups is 1. The molecule has 0 aliphatic heterocycles.